The summed E-state index contributed by atoms with van der Waals surface area (Å²) in [6.45, 7) is 6.04. The molecule has 0 atom stereocenters. The van der Waals surface area contributed by atoms with Gasteiger partial charge in [0.15, 0.2) is 0 Å². The van der Waals surface area contributed by atoms with Crippen LogP contribution in [0.15, 0.2) is 53.4 Å². The third-order valence-corrected chi connectivity index (χ3v) is 5.60. The lowest BCUT2D eigenvalue weighted by Crippen LogP contribution is -2.47. The fourth-order valence-electron chi connectivity index (χ4n) is 2.99. The van der Waals surface area contributed by atoms with Crippen molar-refractivity contribution in [3.63, 3.8) is 0 Å². The minimum absolute atomic E-state index is 0.118. The fraction of sp³-hybridized carbons (Fsp3) is 0.381. The molecule has 26 heavy (non-hydrogen) atoms. The second-order valence-electron chi connectivity index (χ2n) is 6.45. The van der Waals surface area contributed by atoms with Crippen molar-refractivity contribution in [3.8, 4) is 5.75 Å². The van der Waals surface area contributed by atoms with Crippen LogP contribution in [0.25, 0.3) is 0 Å². The highest BCUT2D eigenvalue weighted by molar-refractivity contribution is 7.98. The molecule has 1 aliphatic rings. The van der Waals surface area contributed by atoms with E-state index < -0.39 is 0 Å². The summed E-state index contributed by atoms with van der Waals surface area (Å²) in [4.78, 5) is 18.3. The average molecular weight is 371 g/mol. The standard InChI is InChI=1S/C21H26N2O2S/c1-3-25-20-10-9-17(21(24)23-13-11-22(2)12-14-23)15-18(20)16-26-19-7-5-4-6-8-19/h4-10,15H,3,11-14,16H2,1-2H3. The van der Waals surface area contributed by atoms with Gasteiger partial charge >= 0.3 is 0 Å². The van der Waals surface area contributed by atoms with Crippen LogP contribution in [0.3, 0.4) is 0 Å². The maximum atomic E-state index is 12.9. The first-order valence-corrected chi connectivity index (χ1v) is 10.1. The molecule has 2 aromatic rings. The van der Waals surface area contributed by atoms with Crippen molar-refractivity contribution in [2.45, 2.75) is 17.6 Å². The van der Waals surface area contributed by atoms with Gasteiger partial charge in [0.2, 0.25) is 0 Å². The lowest BCUT2D eigenvalue weighted by atomic mass is 10.1. The van der Waals surface area contributed by atoms with Crippen LogP contribution < -0.4 is 4.74 Å². The summed E-state index contributed by atoms with van der Waals surface area (Å²) in [6, 6.07) is 16.1. The molecule has 0 saturated carbocycles. The van der Waals surface area contributed by atoms with E-state index in [4.69, 9.17) is 4.74 Å². The van der Waals surface area contributed by atoms with Gasteiger partial charge in [-0.05, 0) is 44.3 Å². The van der Waals surface area contributed by atoms with Crippen molar-refractivity contribution in [1.29, 1.82) is 0 Å². The summed E-state index contributed by atoms with van der Waals surface area (Å²) < 4.78 is 5.77. The highest BCUT2D eigenvalue weighted by Gasteiger charge is 2.21. The van der Waals surface area contributed by atoms with Crippen molar-refractivity contribution in [2.24, 2.45) is 0 Å². The maximum Gasteiger partial charge on any atom is 0.253 e. The molecule has 0 unspecified atom stereocenters. The molecule has 4 nitrogen and oxygen atoms in total. The van der Waals surface area contributed by atoms with E-state index in [2.05, 4.69) is 24.1 Å². The Morgan fingerprint density at radius 3 is 2.50 bits per heavy atom. The van der Waals surface area contributed by atoms with Crippen LogP contribution in [0.4, 0.5) is 0 Å². The van der Waals surface area contributed by atoms with Crippen LogP contribution in [0.2, 0.25) is 0 Å². The molecule has 0 bridgehead atoms. The molecule has 3 rings (SSSR count). The van der Waals surface area contributed by atoms with Crippen molar-refractivity contribution in [1.82, 2.24) is 9.80 Å². The number of hydrogen-bond donors (Lipinski definition) is 0. The Morgan fingerprint density at radius 2 is 1.81 bits per heavy atom. The molecular formula is C21H26N2O2S. The molecular weight excluding hydrogens is 344 g/mol. The smallest absolute Gasteiger partial charge is 0.253 e. The van der Waals surface area contributed by atoms with E-state index in [1.807, 2.05) is 48.2 Å². The minimum atomic E-state index is 0.118. The highest BCUT2D eigenvalue weighted by atomic mass is 32.2. The van der Waals surface area contributed by atoms with Crippen LogP contribution in [0, 0.1) is 0 Å². The average Bonchev–Trinajstić information content (AvgIpc) is 2.68. The summed E-state index contributed by atoms with van der Waals surface area (Å²) in [5.41, 5.74) is 1.82. The molecule has 5 heteroatoms. The van der Waals surface area contributed by atoms with Gasteiger partial charge in [-0.25, -0.2) is 0 Å². The van der Waals surface area contributed by atoms with Crippen molar-refractivity contribution >= 4 is 17.7 Å². The molecule has 0 aromatic heterocycles. The second-order valence-corrected chi connectivity index (χ2v) is 7.50. The largest absolute Gasteiger partial charge is 0.494 e. The Kier molecular flexibility index (Phi) is 6.58. The van der Waals surface area contributed by atoms with Crippen molar-refractivity contribution < 1.29 is 9.53 Å². The van der Waals surface area contributed by atoms with Gasteiger partial charge in [-0.1, -0.05) is 18.2 Å². The number of carbonyl (C=O) groups excluding carboxylic acids is 1. The number of benzene rings is 2. The maximum absolute atomic E-state index is 12.9. The predicted octanol–water partition coefficient (Wildman–Crippen LogP) is 3.77. The number of nitrogens with zero attached hydrogens (tertiary/aromatic N) is 2. The number of ether oxygens (including phenoxy) is 1. The monoisotopic (exact) mass is 370 g/mol. The Morgan fingerprint density at radius 1 is 1.08 bits per heavy atom. The van der Waals surface area contributed by atoms with E-state index in [0.717, 1.165) is 48.8 Å². The van der Waals surface area contributed by atoms with E-state index in [1.54, 1.807) is 11.8 Å². The van der Waals surface area contributed by atoms with E-state index in [0.29, 0.717) is 6.61 Å². The summed E-state index contributed by atoms with van der Waals surface area (Å²) in [7, 11) is 2.09. The van der Waals surface area contributed by atoms with Gasteiger partial charge in [0, 0.05) is 48.0 Å². The molecule has 1 saturated heterocycles. The molecule has 0 aliphatic carbocycles. The highest BCUT2D eigenvalue weighted by Crippen LogP contribution is 2.29. The Hall–Kier alpha value is -1.98. The van der Waals surface area contributed by atoms with Crippen molar-refractivity contribution in [2.75, 3.05) is 39.8 Å². The van der Waals surface area contributed by atoms with Gasteiger partial charge in [-0.15, -0.1) is 11.8 Å². The summed E-state index contributed by atoms with van der Waals surface area (Å²) in [6.07, 6.45) is 0. The van der Waals surface area contributed by atoms with Gasteiger partial charge in [0.05, 0.1) is 6.61 Å². The van der Waals surface area contributed by atoms with Crippen LogP contribution in [0.5, 0.6) is 5.75 Å². The lowest BCUT2D eigenvalue weighted by molar-refractivity contribution is 0.0664. The van der Waals surface area contributed by atoms with E-state index >= 15 is 0 Å². The Balaban J connectivity index is 1.75. The van der Waals surface area contributed by atoms with Crippen molar-refractivity contribution in [3.05, 3.63) is 59.7 Å². The van der Waals surface area contributed by atoms with Gasteiger partial charge in [0.1, 0.15) is 5.75 Å². The summed E-state index contributed by atoms with van der Waals surface area (Å²) >= 11 is 1.76. The summed E-state index contributed by atoms with van der Waals surface area (Å²) in [5.74, 6) is 1.77. The molecule has 0 radical (unpaired) electrons. The van der Waals surface area contributed by atoms with Crippen LogP contribution in [-0.4, -0.2) is 55.5 Å². The molecule has 1 fully saturated rings. The third-order valence-electron chi connectivity index (χ3n) is 4.54. The second kappa shape index (κ2) is 9.10. The Bertz CT molecular complexity index is 728. The molecule has 1 heterocycles. The minimum Gasteiger partial charge on any atom is -0.494 e. The first kappa shape index (κ1) is 18.8. The third kappa shape index (κ3) is 4.80. The normalized spacial score (nSPS) is 15.1. The van der Waals surface area contributed by atoms with Crippen LogP contribution in [0.1, 0.15) is 22.8 Å². The molecule has 0 spiro atoms. The number of likely N-dealkylation sites (N-methyl/N-ethyl adjacent to an activating group) is 1. The summed E-state index contributed by atoms with van der Waals surface area (Å²) in [5, 5.41) is 0. The molecule has 0 N–H and O–H groups in total. The van der Waals surface area contributed by atoms with Gasteiger partial charge in [-0.2, -0.15) is 0 Å². The first-order valence-electron chi connectivity index (χ1n) is 9.08. The number of amides is 1. The number of rotatable bonds is 6. The number of carbonyl (C=O) groups is 1. The fourth-order valence-corrected chi connectivity index (χ4v) is 3.89. The van der Waals surface area contributed by atoms with Gasteiger partial charge in [-0.3, -0.25) is 4.79 Å². The van der Waals surface area contributed by atoms with Crippen LogP contribution in [-0.2, 0) is 5.75 Å². The van der Waals surface area contributed by atoms with Gasteiger partial charge < -0.3 is 14.5 Å². The number of hydrogen-bond acceptors (Lipinski definition) is 4. The topological polar surface area (TPSA) is 32.8 Å². The Labute approximate surface area is 160 Å². The first-order chi connectivity index (χ1) is 12.7. The SMILES string of the molecule is CCOc1ccc(C(=O)N2CCN(C)CC2)cc1CSc1ccccc1. The lowest BCUT2D eigenvalue weighted by Gasteiger charge is -2.32. The molecule has 138 valence electrons. The zero-order valence-corrected chi connectivity index (χ0v) is 16.3. The zero-order chi connectivity index (χ0) is 18.4. The van der Waals surface area contributed by atoms with E-state index in [1.165, 1.54) is 4.90 Å². The number of piperazine rings is 1. The number of thioether (sulfide) groups is 1. The quantitative estimate of drug-likeness (QED) is 0.725. The molecule has 2 aromatic carbocycles. The zero-order valence-electron chi connectivity index (χ0n) is 15.5. The van der Waals surface area contributed by atoms with Crippen LogP contribution >= 0.6 is 11.8 Å². The predicted molar refractivity (Wildman–Crippen MR) is 107 cm³/mol. The van der Waals surface area contributed by atoms with E-state index in [9.17, 15) is 4.79 Å². The molecule has 1 aliphatic heterocycles. The van der Waals surface area contributed by atoms with Gasteiger partial charge in [0.25, 0.3) is 5.91 Å². The van der Waals surface area contributed by atoms with E-state index in [-0.39, 0.29) is 5.91 Å². The molecule has 1 amide bonds.